The first-order chi connectivity index (χ1) is 15.8. The maximum atomic E-state index is 13.0. The lowest BCUT2D eigenvalue weighted by Crippen LogP contribution is -2.53. The van der Waals surface area contributed by atoms with E-state index in [0.29, 0.717) is 6.04 Å². The Morgan fingerprint density at radius 3 is 2.12 bits per heavy atom. The van der Waals surface area contributed by atoms with Gasteiger partial charge < -0.3 is 14.2 Å². The van der Waals surface area contributed by atoms with E-state index in [1.807, 2.05) is 24.3 Å². The Balaban J connectivity index is 2.03. The van der Waals surface area contributed by atoms with Gasteiger partial charge in [0.1, 0.15) is 23.9 Å². The lowest BCUT2D eigenvalue weighted by atomic mass is 9.94. The van der Waals surface area contributed by atoms with E-state index in [2.05, 4.69) is 25.2 Å². The molecule has 0 N–H and O–H groups in total. The molecular weight excluding hydrogens is 454 g/mol. The van der Waals surface area contributed by atoms with Crippen LogP contribution in [-0.2, 0) is 28.6 Å². The molecule has 3 aliphatic rings. The number of carbonyl (C=O) groups excluding carboxylic acids is 3. The molecule has 0 aromatic heterocycles. The monoisotopic (exact) mass is 489 g/mol. The van der Waals surface area contributed by atoms with Crippen molar-refractivity contribution in [3.63, 3.8) is 0 Å². The summed E-state index contributed by atoms with van der Waals surface area (Å²) >= 11 is 0. The Bertz CT molecular complexity index is 940. The van der Waals surface area contributed by atoms with Crippen molar-refractivity contribution in [2.75, 3.05) is 0 Å². The van der Waals surface area contributed by atoms with Gasteiger partial charge in [-0.1, -0.05) is 60.8 Å². The normalized spacial score (nSPS) is 26.6. The zero-order valence-electron chi connectivity index (χ0n) is 20.9. The van der Waals surface area contributed by atoms with Crippen LogP contribution in [0.2, 0.25) is 19.1 Å². The summed E-state index contributed by atoms with van der Waals surface area (Å²) in [5, 5.41) is 2.37. The fraction of sp³-hybridized carbons (Fsp3) is 0.560. The van der Waals surface area contributed by atoms with Gasteiger partial charge in [0, 0.05) is 19.8 Å². The highest BCUT2D eigenvalue weighted by atomic mass is 28.3. The first-order valence-electron chi connectivity index (χ1n) is 11.6. The summed E-state index contributed by atoms with van der Waals surface area (Å²) in [7, 11) is -2.06. The van der Waals surface area contributed by atoms with Gasteiger partial charge in [0.05, 0.1) is 8.07 Å². The average Bonchev–Trinajstić information content (AvgIpc) is 2.91. The van der Waals surface area contributed by atoms with Crippen molar-refractivity contribution in [2.45, 2.75) is 83.7 Å². The van der Waals surface area contributed by atoms with Crippen LogP contribution < -0.4 is 5.19 Å². The number of amides is 1. The molecule has 1 saturated heterocycles. The van der Waals surface area contributed by atoms with Gasteiger partial charge in [0.25, 0.3) is 0 Å². The van der Waals surface area contributed by atoms with E-state index in [1.54, 1.807) is 26.8 Å². The van der Waals surface area contributed by atoms with E-state index in [-0.39, 0.29) is 5.92 Å². The maximum Gasteiger partial charge on any atom is 0.435 e. The van der Waals surface area contributed by atoms with Gasteiger partial charge in [-0.3, -0.25) is 14.4 Å². The van der Waals surface area contributed by atoms with E-state index in [1.165, 1.54) is 19.0 Å². The minimum atomic E-state index is -2.06. The van der Waals surface area contributed by atoms with E-state index in [0.717, 1.165) is 5.06 Å². The highest BCUT2D eigenvalue weighted by Gasteiger charge is 2.54. The summed E-state index contributed by atoms with van der Waals surface area (Å²) < 4.78 is 17.0. The van der Waals surface area contributed by atoms with Crippen molar-refractivity contribution in [3.8, 4) is 0 Å². The zero-order chi connectivity index (χ0) is 25.3. The molecule has 186 valence electrons. The lowest BCUT2D eigenvalue weighted by Gasteiger charge is -2.35. The second-order valence-electron chi connectivity index (χ2n) is 10.5. The molecule has 4 rings (SSSR count). The summed E-state index contributed by atoms with van der Waals surface area (Å²) in [6.45, 7) is 12.4. The van der Waals surface area contributed by atoms with Crippen molar-refractivity contribution >= 4 is 31.3 Å². The van der Waals surface area contributed by atoms with Crippen LogP contribution >= 0.6 is 0 Å². The smallest absolute Gasteiger partial charge is 0.435 e. The fourth-order valence-electron chi connectivity index (χ4n) is 4.60. The number of esters is 2. The third kappa shape index (κ3) is 6.07. The molecule has 1 amide bonds. The number of ether oxygens (including phenoxy) is 3. The quantitative estimate of drug-likeness (QED) is 0.270. The second kappa shape index (κ2) is 9.91. The standard InChI is InChI=1S/C25H35NO7Si/c1-16(27)30-22-19(15-34(6,7)18-11-9-8-10-12-18)21-14-13-20(23(22)31-17(2)28)26(33-21)24(29)32-25(3,4)5/h8-14,19-23H,15H2,1-7H3/t19-,20+,21-,22+,23-/m1/s1. The zero-order valence-corrected chi connectivity index (χ0v) is 21.9. The van der Waals surface area contributed by atoms with Crippen molar-refractivity contribution in [1.82, 2.24) is 5.06 Å². The molecule has 1 fully saturated rings. The summed E-state index contributed by atoms with van der Waals surface area (Å²) in [5.74, 6) is -1.37. The Morgan fingerprint density at radius 1 is 0.971 bits per heavy atom. The van der Waals surface area contributed by atoms with Gasteiger partial charge in [-0.15, -0.1) is 0 Å². The maximum absolute atomic E-state index is 13.0. The Morgan fingerprint density at radius 2 is 1.56 bits per heavy atom. The number of hydrogen-bond donors (Lipinski definition) is 0. The van der Waals surface area contributed by atoms with Crippen LogP contribution in [0.25, 0.3) is 0 Å². The Kier molecular flexibility index (Phi) is 7.57. The molecule has 34 heavy (non-hydrogen) atoms. The molecule has 8 nitrogen and oxygen atoms in total. The van der Waals surface area contributed by atoms with Gasteiger partial charge in [-0.25, -0.2) is 4.79 Å². The topological polar surface area (TPSA) is 91.4 Å². The summed E-state index contributed by atoms with van der Waals surface area (Å²) in [6.07, 6.45) is 0.651. The third-order valence-corrected chi connectivity index (χ3v) is 9.38. The van der Waals surface area contributed by atoms with Gasteiger partial charge in [-0.2, -0.15) is 5.06 Å². The van der Waals surface area contributed by atoms with Crippen molar-refractivity contribution < 1.29 is 33.4 Å². The van der Waals surface area contributed by atoms with Crippen LogP contribution in [0.15, 0.2) is 42.5 Å². The molecule has 0 radical (unpaired) electrons. The highest BCUT2D eigenvalue weighted by molar-refractivity contribution is 6.89. The van der Waals surface area contributed by atoms with Gasteiger partial charge >= 0.3 is 18.0 Å². The van der Waals surface area contributed by atoms with E-state index in [9.17, 15) is 14.4 Å². The first kappa shape index (κ1) is 26.0. The molecule has 0 spiro atoms. The number of rotatable bonds is 5. The third-order valence-electron chi connectivity index (χ3n) is 5.99. The summed E-state index contributed by atoms with van der Waals surface area (Å²) in [4.78, 5) is 43.4. The van der Waals surface area contributed by atoms with Crippen molar-refractivity contribution in [3.05, 3.63) is 42.5 Å². The number of hydroxylamine groups is 2. The molecule has 2 heterocycles. The Hall–Kier alpha value is -2.65. The van der Waals surface area contributed by atoms with E-state index >= 15 is 0 Å². The summed E-state index contributed by atoms with van der Waals surface area (Å²) in [6, 6.07) is 10.1. The minimum absolute atomic E-state index is 0.344. The van der Waals surface area contributed by atoms with Crippen molar-refractivity contribution in [1.29, 1.82) is 0 Å². The van der Waals surface area contributed by atoms with Crippen LogP contribution in [0.4, 0.5) is 4.79 Å². The van der Waals surface area contributed by atoms with Crippen LogP contribution in [0.5, 0.6) is 0 Å². The molecule has 1 aliphatic carbocycles. The van der Waals surface area contributed by atoms with Crippen LogP contribution in [-0.4, -0.2) is 61.1 Å². The van der Waals surface area contributed by atoms with Crippen LogP contribution in [0, 0.1) is 5.92 Å². The number of benzene rings is 1. The highest BCUT2D eigenvalue weighted by Crippen LogP contribution is 2.39. The molecule has 2 aliphatic heterocycles. The molecule has 0 unspecified atom stereocenters. The molecule has 2 bridgehead atoms. The number of hydrogen-bond acceptors (Lipinski definition) is 7. The molecule has 1 aromatic rings. The van der Waals surface area contributed by atoms with Gasteiger partial charge in [0.2, 0.25) is 0 Å². The van der Waals surface area contributed by atoms with Gasteiger partial charge in [-0.05, 0) is 26.8 Å². The van der Waals surface area contributed by atoms with Gasteiger partial charge in [0.15, 0.2) is 6.10 Å². The number of fused-ring (bicyclic) bond motifs is 3. The minimum Gasteiger partial charge on any atom is -0.458 e. The van der Waals surface area contributed by atoms with E-state index in [4.69, 9.17) is 19.0 Å². The summed E-state index contributed by atoms with van der Waals surface area (Å²) in [5.41, 5.74) is -0.746. The number of nitrogens with zero attached hydrogens (tertiary/aromatic N) is 1. The molecule has 1 aromatic carbocycles. The second-order valence-corrected chi connectivity index (χ2v) is 15.3. The first-order valence-corrected chi connectivity index (χ1v) is 14.8. The largest absolute Gasteiger partial charge is 0.458 e. The Labute approximate surface area is 202 Å². The lowest BCUT2D eigenvalue weighted by molar-refractivity contribution is -0.201. The molecule has 9 heteroatoms. The fourth-order valence-corrected chi connectivity index (χ4v) is 7.58. The molecule has 5 atom stereocenters. The predicted molar refractivity (Wildman–Crippen MR) is 129 cm³/mol. The van der Waals surface area contributed by atoms with E-state index < -0.39 is 56.1 Å². The number of carbonyl (C=O) groups is 3. The molecular formula is C25H35NO7Si. The van der Waals surface area contributed by atoms with Crippen LogP contribution in [0.3, 0.4) is 0 Å². The van der Waals surface area contributed by atoms with Crippen molar-refractivity contribution in [2.24, 2.45) is 5.92 Å². The molecule has 0 saturated carbocycles. The van der Waals surface area contributed by atoms with Crippen LogP contribution in [0.1, 0.15) is 34.6 Å². The SMILES string of the molecule is CC(=O)O[C@H]1[C@H](C[Si](C)(C)c2ccccc2)[C@H]2C=C[C@@H]([C@H]1OC(C)=O)N(C(=O)OC(C)(C)C)O2. The predicted octanol–water partition coefficient (Wildman–Crippen LogP) is 3.57. The average molecular weight is 490 g/mol.